The fourth-order valence-electron chi connectivity index (χ4n) is 3.54. The Bertz CT molecular complexity index is 644. The summed E-state index contributed by atoms with van der Waals surface area (Å²) in [6.45, 7) is 2.47. The summed E-state index contributed by atoms with van der Waals surface area (Å²) < 4.78 is 0. The molecule has 0 unspecified atom stereocenters. The van der Waals surface area contributed by atoms with Crippen molar-refractivity contribution < 1.29 is 15.3 Å². The van der Waals surface area contributed by atoms with Crippen molar-refractivity contribution in [3.05, 3.63) is 71.3 Å². The molecule has 2 aromatic rings. The van der Waals surface area contributed by atoms with Crippen molar-refractivity contribution in [2.75, 3.05) is 6.61 Å². The number of aliphatic hydroxyl groups excluding tert-OH is 3. The lowest BCUT2D eigenvalue weighted by molar-refractivity contribution is 0.0178. The van der Waals surface area contributed by atoms with Crippen molar-refractivity contribution in [1.29, 1.82) is 0 Å². The summed E-state index contributed by atoms with van der Waals surface area (Å²) in [5, 5.41) is 30.6. The Kier molecular flexibility index (Phi) is 5.31. The molecule has 2 aromatic carbocycles. The SMILES string of the molecule is Cc1ccc(CN2[C@H](CO)[C@@H](O)[C@@H](O)[C@@H]2Cc2ccccc2)cc1. The highest BCUT2D eigenvalue weighted by Crippen LogP contribution is 2.29. The molecular weight excluding hydrogens is 302 g/mol. The minimum absolute atomic E-state index is 0.171. The van der Waals surface area contributed by atoms with Crippen molar-refractivity contribution in [1.82, 2.24) is 4.90 Å². The third-order valence-corrected chi connectivity index (χ3v) is 4.95. The number of benzene rings is 2. The van der Waals surface area contributed by atoms with Gasteiger partial charge in [-0.15, -0.1) is 0 Å². The number of aryl methyl sites for hydroxylation is 1. The maximum Gasteiger partial charge on any atom is 0.0991 e. The zero-order valence-corrected chi connectivity index (χ0v) is 13.9. The largest absolute Gasteiger partial charge is 0.395 e. The first-order valence-corrected chi connectivity index (χ1v) is 8.42. The van der Waals surface area contributed by atoms with Gasteiger partial charge in [-0.2, -0.15) is 0 Å². The first kappa shape index (κ1) is 17.1. The Morgan fingerprint density at radius 3 is 2.08 bits per heavy atom. The molecular formula is C20H25NO3. The second-order valence-corrected chi connectivity index (χ2v) is 6.65. The quantitative estimate of drug-likeness (QED) is 0.779. The first-order chi connectivity index (χ1) is 11.6. The van der Waals surface area contributed by atoms with Crippen LogP contribution in [0.15, 0.2) is 54.6 Å². The molecule has 0 saturated carbocycles. The third-order valence-electron chi connectivity index (χ3n) is 4.95. The second kappa shape index (κ2) is 7.45. The smallest absolute Gasteiger partial charge is 0.0991 e. The van der Waals surface area contributed by atoms with Gasteiger partial charge in [0.1, 0.15) is 0 Å². The van der Waals surface area contributed by atoms with Gasteiger partial charge in [-0.1, -0.05) is 60.2 Å². The highest BCUT2D eigenvalue weighted by Gasteiger charge is 2.46. The summed E-state index contributed by atoms with van der Waals surface area (Å²) in [5.41, 5.74) is 3.42. The Labute approximate surface area is 143 Å². The molecule has 0 amide bonds. The lowest BCUT2D eigenvalue weighted by Gasteiger charge is -2.30. The number of likely N-dealkylation sites (tertiary alicyclic amines) is 1. The van der Waals surface area contributed by atoms with Gasteiger partial charge in [0.25, 0.3) is 0 Å². The van der Waals surface area contributed by atoms with E-state index in [1.165, 1.54) is 5.56 Å². The summed E-state index contributed by atoms with van der Waals surface area (Å²) >= 11 is 0. The number of hydrogen-bond acceptors (Lipinski definition) is 4. The minimum atomic E-state index is -0.936. The standard InChI is InChI=1S/C20H25NO3/c1-14-7-9-16(10-8-14)12-21-17(11-15-5-3-2-4-6-15)19(23)20(24)18(21)13-22/h2-10,17-20,22-24H,11-13H2,1H3/t17-,18+,19-,20+/m0/s1. The monoisotopic (exact) mass is 327 g/mol. The Balaban J connectivity index is 1.84. The third kappa shape index (κ3) is 3.52. The van der Waals surface area contributed by atoms with Gasteiger partial charge in [-0.05, 0) is 24.5 Å². The van der Waals surface area contributed by atoms with E-state index in [2.05, 4.69) is 24.3 Å². The highest BCUT2D eigenvalue weighted by molar-refractivity contribution is 5.23. The van der Waals surface area contributed by atoms with Crippen molar-refractivity contribution in [3.63, 3.8) is 0 Å². The number of nitrogens with zero attached hydrogens (tertiary/aromatic N) is 1. The summed E-state index contributed by atoms with van der Waals surface area (Å²) in [5.74, 6) is 0. The Morgan fingerprint density at radius 1 is 0.833 bits per heavy atom. The fraction of sp³-hybridized carbons (Fsp3) is 0.400. The van der Waals surface area contributed by atoms with E-state index >= 15 is 0 Å². The van der Waals surface area contributed by atoms with E-state index in [4.69, 9.17) is 0 Å². The molecule has 1 saturated heterocycles. The molecule has 3 rings (SSSR count). The molecule has 0 aliphatic carbocycles. The van der Waals surface area contributed by atoms with Crippen molar-refractivity contribution in [2.45, 2.75) is 44.2 Å². The molecule has 1 fully saturated rings. The zero-order chi connectivity index (χ0) is 17.1. The van der Waals surface area contributed by atoms with Crippen LogP contribution in [0.3, 0.4) is 0 Å². The summed E-state index contributed by atoms with van der Waals surface area (Å²) in [6.07, 6.45) is -1.16. The van der Waals surface area contributed by atoms with Crippen molar-refractivity contribution in [2.24, 2.45) is 0 Å². The van der Waals surface area contributed by atoms with E-state index in [1.54, 1.807) is 0 Å². The molecule has 4 heteroatoms. The number of hydrogen-bond donors (Lipinski definition) is 3. The molecule has 24 heavy (non-hydrogen) atoms. The summed E-state index contributed by atoms with van der Waals surface area (Å²) in [6, 6.07) is 17.5. The van der Waals surface area contributed by atoms with Gasteiger partial charge in [-0.25, -0.2) is 0 Å². The summed E-state index contributed by atoms with van der Waals surface area (Å²) in [7, 11) is 0. The van der Waals surface area contributed by atoms with E-state index in [0.717, 1.165) is 11.1 Å². The number of rotatable bonds is 5. The summed E-state index contributed by atoms with van der Waals surface area (Å²) in [4.78, 5) is 2.03. The van der Waals surface area contributed by atoms with E-state index in [-0.39, 0.29) is 12.6 Å². The molecule has 4 nitrogen and oxygen atoms in total. The normalized spacial score (nSPS) is 27.5. The average molecular weight is 327 g/mol. The first-order valence-electron chi connectivity index (χ1n) is 8.42. The molecule has 1 aliphatic heterocycles. The maximum absolute atomic E-state index is 10.5. The molecule has 128 valence electrons. The number of aliphatic hydroxyl groups is 3. The van der Waals surface area contributed by atoms with Crippen molar-refractivity contribution >= 4 is 0 Å². The molecule has 0 aromatic heterocycles. The van der Waals surface area contributed by atoms with Gasteiger partial charge in [0.15, 0.2) is 0 Å². The van der Waals surface area contributed by atoms with Gasteiger partial charge in [0.2, 0.25) is 0 Å². The van der Waals surface area contributed by atoms with E-state index < -0.39 is 18.2 Å². The second-order valence-electron chi connectivity index (χ2n) is 6.65. The van der Waals surface area contributed by atoms with Crippen molar-refractivity contribution in [3.8, 4) is 0 Å². The topological polar surface area (TPSA) is 63.9 Å². The lowest BCUT2D eigenvalue weighted by atomic mass is 10.0. The van der Waals surface area contributed by atoms with Gasteiger partial charge >= 0.3 is 0 Å². The zero-order valence-electron chi connectivity index (χ0n) is 13.9. The molecule has 1 heterocycles. The Morgan fingerprint density at radius 2 is 1.46 bits per heavy atom. The van der Waals surface area contributed by atoms with Crippen LogP contribution in [0.4, 0.5) is 0 Å². The molecule has 1 aliphatic rings. The molecule has 4 atom stereocenters. The van der Waals surface area contributed by atoms with Gasteiger partial charge < -0.3 is 15.3 Å². The fourth-order valence-corrected chi connectivity index (χ4v) is 3.54. The Hall–Kier alpha value is -1.72. The molecule has 0 radical (unpaired) electrons. The van der Waals surface area contributed by atoms with E-state index in [1.807, 2.05) is 42.2 Å². The van der Waals surface area contributed by atoms with E-state index in [0.29, 0.717) is 13.0 Å². The lowest BCUT2D eigenvalue weighted by Crippen LogP contribution is -2.41. The van der Waals surface area contributed by atoms with Gasteiger partial charge in [0, 0.05) is 12.6 Å². The van der Waals surface area contributed by atoms with Crippen LogP contribution in [0.25, 0.3) is 0 Å². The van der Waals surface area contributed by atoms with Crippen LogP contribution in [-0.4, -0.2) is 51.1 Å². The molecule has 0 spiro atoms. The van der Waals surface area contributed by atoms with Crippen LogP contribution in [0.1, 0.15) is 16.7 Å². The van der Waals surface area contributed by atoms with E-state index in [9.17, 15) is 15.3 Å². The van der Waals surface area contributed by atoms with Crippen LogP contribution in [0, 0.1) is 6.92 Å². The minimum Gasteiger partial charge on any atom is -0.395 e. The van der Waals surface area contributed by atoms with Crippen LogP contribution in [0.2, 0.25) is 0 Å². The van der Waals surface area contributed by atoms with Gasteiger partial charge in [0.05, 0.1) is 24.9 Å². The van der Waals surface area contributed by atoms with Crippen LogP contribution in [0.5, 0.6) is 0 Å². The van der Waals surface area contributed by atoms with Crippen LogP contribution in [-0.2, 0) is 13.0 Å². The average Bonchev–Trinajstić information content (AvgIpc) is 2.82. The van der Waals surface area contributed by atoms with Crippen LogP contribution < -0.4 is 0 Å². The highest BCUT2D eigenvalue weighted by atomic mass is 16.3. The molecule has 0 bridgehead atoms. The van der Waals surface area contributed by atoms with Crippen LogP contribution >= 0.6 is 0 Å². The maximum atomic E-state index is 10.5. The van der Waals surface area contributed by atoms with Gasteiger partial charge in [-0.3, -0.25) is 4.90 Å². The predicted octanol–water partition coefficient (Wildman–Crippen LogP) is 1.50. The predicted molar refractivity (Wildman–Crippen MR) is 93.5 cm³/mol. The molecule has 3 N–H and O–H groups in total.